The monoisotopic (exact) mass is 427 g/mol. The van der Waals surface area contributed by atoms with Crippen LogP contribution in [-0.4, -0.2) is 17.4 Å². The molecule has 1 aliphatic heterocycles. The highest BCUT2D eigenvalue weighted by atomic mass is 32.1. The van der Waals surface area contributed by atoms with Crippen LogP contribution in [0.4, 0.5) is 10.8 Å². The van der Waals surface area contributed by atoms with Crippen molar-refractivity contribution in [1.82, 2.24) is 4.98 Å². The number of aromatic nitrogens is 1. The summed E-state index contributed by atoms with van der Waals surface area (Å²) in [6.07, 6.45) is 2.65. The third-order valence-electron chi connectivity index (χ3n) is 5.21. The molecule has 5 rings (SSSR count). The van der Waals surface area contributed by atoms with Crippen molar-refractivity contribution in [2.45, 2.75) is 13.0 Å². The predicted octanol–water partition coefficient (Wildman–Crippen LogP) is 5.75. The molecule has 6 heteroatoms. The highest BCUT2D eigenvalue weighted by Gasteiger charge is 2.20. The first kappa shape index (κ1) is 19.3. The highest BCUT2D eigenvalue weighted by Crippen LogP contribution is 2.29. The quantitative estimate of drug-likeness (QED) is 0.441. The van der Waals surface area contributed by atoms with Crippen molar-refractivity contribution in [1.29, 1.82) is 0 Å². The van der Waals surface area contributed by atoms with Gasteiger partial charge in [-0.15, -0.1) is 0 Å². The summed E-state index contributed by atoms with van der Waals surface area (Å²) in [5.41, 5.74) is 3.44. The number of para-hydroxylation sites is 1. The molecule has 3 aromatic carbocycles. The van der Waals surface area contributed by atoms with E-state index in [1.54, 1.807) is 6.20 Å². The standard InChI is InChI=1S/C25H21N3O2S/c29-24(27-20-10-12-22(13-11-20)30-21-8-2-1-3-9-21)23-16-26-25(31-23)28-15-14-18-6-4-5-7-19(18)17-28/h1-13,16H,14-15,17H2,(H,27,29). The number of fused-ring (bicyclic) bond motifs is 1. The number of hydrogen-bond donors (Lipinski definition) is 1. The largest absolute Gasteiger partial charge is 0.457 e. The van der Waals surface area contributed by atoms with Crippen molar-refractivity contribution in [2.75, 3.05) is 16.8 Å². The van der Waals surface area contributed by atoms with Gasteiger partial charge in [-0.1, -0.05) is 53.8 Å². The van der Waals surface area contributed by atoms with Crippen LogP contribution in [-0.2, 0) is 13.0 Å². The zero-order chi connectivity index (χ0) is 21.0. The van der Waals surface area contributed by atoms with Crippen molar-refractivity contribution < 1.29 is 9.53 Å². The maximum absolute atomic E-state index is 12.7. The van der Waals surface area contributed by atoms with E-state index >= 15 is 0 Å². The van der Waals surface area contributed by atoms with Crippen molar-refractivity contribution in [2.24, 2.45) is 0 Å². The molecule has 0 saturated heterocycles. The number of thiazole rings is 1. The molecule has 1 amide bonds. The van der Waals surface area contributed by atoms with Gasteiger partial charge in [0.05, 0.1) is 6.20 Å². The second kappa shape index (κ2) is 8.62. The van der Waals surface area contributed by atoms with Crippen molar-refractivity contribution in [3.05, 3.63) is 101 Å². The Kier molecular flexibility index (Phi) is 5.37. The van der Waals surface area contributed by atoms with E-state index < -0.39 is 0 Å². The summed E-state index contributed by atoms with van der Waals surface area (Å²) in [6, 6.07) is 25.4. The molecular weight excluding hydrogens is 406 g/mol. The van der Waals surface area contributed by atoms with Gasteiger partial charge in [0.25, 0.3) is 5.91 Å². The fourth-order valence-electron chi connectivity index (χ4n) is 3.60. The van der Waals surface area contributed by atoms with Crippen LogP contribution in [0, 0.1) is 0 Å². The van der Waals surface area contributed by atoms with E-state index in [2.05, 4.69) is 39.5 Å². The fourth-order valence-corrected chi connectivity index (χ4v) is 4.43. The third-order valence-corrected chi connectivity index (χ3v) is 6.27. The van der Waals surface area contributed by atoms with Crippen LogP contribution in [0.2, 0.25) is 0 Å². The molecule has 31 heavy (non-hydrogen) atoms. The molecule has 0 bridgehead atoms. The van der Waals surface area contributed by atoms with E-state index in [4.69, 9.17) is 4.74 Å². The first-order valence-electron chi connectivity index (χ1n) is 10.2. The lowest BCUT2D eigenvalue weighted by molar-refractivity contribution is 0.103. The second-order valence-corrected chi connectivity index (χ2v) is 8.35. The van der Waals surface area contributed by atoms with Crippen LogP contribution in [0.25, 0.3) is 0 Å². The zero-order valence-corrected chi connectivity index (χ0v) is 17.6. The minimum atomic E-state index is -0.155. The number of rotatable bonds is 5. The lowest BCUT2D eigenvalue weighted by Crippen LogP contribution is -2.30. The molecule has 154 valence electrons. The van der Waals surface area contributed by atoms with Crippen LogP contribution >= 0.6 is 11.3 Å². The average molecular weight is 428 g/mol. The fraction of sp³-hybridized carbons (Fsp3) is 0.120. The summed E-state index contributed by atoms with van der Waals surface area (Å²) < 4.78 is 5.79. The molecule has 0 fully saturated rings. The molecular formula is C25H21N3O2S. The van der Waals surface area contributed by atoms with Gasteiger partial charge in [-0.25, -0.2) is 4.98 Å². The smallest absolute Gasteiger partial charge is 0.267 e. The number of benzene rings is 3. The number of nitrogens with one attached hydrogen (secondary N) is 1. The van der Waals surface area contributed by atoms with Gasteiger partial charge < -0.3 is 15.0 Å². The second-order valence-electron chi connectivity index (χ2n) is 7.34. The van der Waals surface area contributed by atoms with Gasteiger partial charge in [0.1, 0.15) is 16.4 Å². The number of amides is 1. The van der Waals surface area contributed by atoms with E-state index in [-0.39, 0.29) is 5.91 Å². The lowest BCUT2D eigenvalue weighted by atomic mass is 10.0. The minimum absolute atomic E-state index is 0.155. The molecule has 0 unspecified atom stereocenters. The van der Waals surface area contributed by atoms with Gasteiger partial charge in [0.15, 0.2) is 5.13 Å². The van der Waals surface area contributed by atoms with Gasteiger partial charge in [0, 0.05) is 18.8 Å². The lowest BCUT2D eigenvalue weighted by Gasteiger charge is -2.28. The van der Waals surface area contributed by atoms with Gasteiger partial charge in [-0.05, 0) is 53.9 Å². The molecule has 0 aliphatic carbocycles. The predicted molar refractivity (Wildman–Crippen MR) is 124 cm³/mol. The van der Waals surface area contributed by atoms with E-state index in [0.29, 0.717) is 10.6 Å². The van der Waals surface area contributed by atoms with Crippen molar-refractivity contribution in [3.63, 3.8) is 0 Å². The Hall–Kier alpha value is -3.64. The average Bonchev–Trinajstić information content (AvgIpc) is 3.31. The Morgan fingerprint density at radius 1 is 0.903 bits per heavy atom. The van der Waals surface area contributed by atoms with E-state index in [1.807, 2.05) is 54.6 Å². The number of carbonyl (C=O) groups is 1. The molecule has 4 aromatic rings. The number of nitrogens with zero attached hydrogens (tertiary/aromatic N) is 2. The normalized spacial score (nSPS) is 12.8. The van der Waals surface area contributed by atoms with Crippen LogP contribution < -0.4 is 15.0 Å². The summed E-state index contributed by atoms with van der Waals surface area (Å²) in [5.74, 6) is 1.34. The maximum Gasteiger partial charge on any atom is 0.267 e. The first-order chi connectivity index (χ1) is 15.2. The zero-order valence-electron chi connectivity index (χ0n) is 16.8. The van der Waals surface area contributed by atoms with Crippen molar-refractivity contribution in [3.8, 4) is 11.5 Å². The van der Waals surface area contributed by atoms with Gasteiger partial charge >= 0.3 is 0 Å². The molecule has 1 aliphatic rings. The SMILES string of the molecule is O=C(Nc1ccc(Oc2ccccc2)cc1)c1cnc(N2CCc3ccccc3C2)s1. The molecule has 0 saturated carbocycles. The molecule has 1 N–H and O–H groups in total. The van der Waals surface area contributed by atoms with Crippen LogP contribution in [0.3, 0.4) is 0 Å². The summed E-state index contributed by atoms with van der Waals surface area (Å²) in [6.45, 7) is 1.74. The molecule has 0 spiro atoms. The Balaban J connectivity index is 1.22. The Morgan fingerprint density at radius 3 is 2.42 bits per heavy atom. The Morgan fingerprint density at radius 2 is 1.61 bits per heavy atom. The topological polar surface area (TPSA) is 54.5 Å². The maximum atomic E-state index is 12.7. The van der Waals surface area contributed by atoms with Crippen LogP contribution in [0.5, 0.6) is 11.5 Å². The molecule has 1 aromatic heterocycles. The molecule has 5 nitrogen and oxygen atoms in total. The van der Waals surface area contributed by atoms with Crippen LogP contribution in [0.1, 0.15) is 20.8 Å². The number of hydrogen-bond acceptors (Lipinski definition) is 5. The Labute approximate surface area is 185 Å². The first-order valence-corrected chi connectivity index (χ1v) is 11.0. The third kappa shape index (κ3) is 4.44. The van der Waals surface area contributed by atoms with Crippen LogP contribution in [0.15, 0.2) is 85.1 Å². The van der Waals surface area contributed by atoms with E-state index in [1.165, 1.54) is 22.5 Å². The van der Waals surface area contributed by atoms with E-state index in [0.717, 1.165) is 36.1 Å². The van der Waals surface area contributed by atoms with Gasteiger partial charge in [0.2, 0.25) is 0 Å². The van der Waals surface area contributed by atoms with Crippen molar-refractivity contribution >= 4 is 28.1 Å². The number of carbonyl (C=O) groups excluding carboxylic acids is 1. The van der Waals surface area contributed by atoms with Gasteiger partial charge in [-0.2, -0.15) is 0 Å². The summed E-state index contributed by atoms with van der Waals surface area (Å²) >= 11 is 1.42. The molecule has 2 heterocycles. The molecule has 0 radical (unpaired) electrons. The highest BCUT2D eigenvalue weighted by molar-refractivity contribution is 7.17. The summed E-state index contributed by atoms with van der Waals surface area (Å²) in [5, 5.41) is 3.82. The van der Waals surface area contributed by atoms with Gasteiger partial charge in [-0.3, -0.25) is 4.79 Å². The number of ether oxygens (including phenoxy) is 1. The minimum Gasteiger partial charge on any atom is -0.457 e. The summed E-state index contributed by atoms with van der Waals surface area (Å²) in [7, 11) is 0. The number of anilines is 2. The van der Waals surface area contributed by atoms with E-state index in [9.17, 15) is 4.79 Å². The summed E-state index contributed by atoms with van der Waals surface area (Å²) in [4.78, 5) is 20.0. The Bertz CT molecular complexity index is 1190. The molecule has 0 atom stereocenters.